The number of nitrogens with one attached hydrogen (secondary N) is 2. The molecule has 7 nitrogen and oxygen atoms in total. The molecule has 30 heavy (non-hydrogen) atoms. The number of hydrogen-bond acceptors (Lipinski definition) is 5. The molecule has 1 atom stereocenters. The summed E-state index contributed by atoms with van der Waals surface area (Å²) in [6, 6.07) is 11.2. The standard InChI is InChI=1S/C22H30FN5O2/c1-24-22(26-15-17-6-3-7-19(14-17)30-13-5-12-29-2)27-18-9-11-28(16-18)21-20(23)8-4-10-25-21/h3-4,6-8,10,14,18H,5,9,11-13,15-16H2,1-2H3,(H2,24,26,27). The Kier molecular flexibility index (Phi) is 8.26. The number of rotatable bonds is 9. The first-order valence-electron chi connectivity index (χ1n) is 10.2. The van der Waals surface area contributed by atoms with Crippen LogP contribution in [0.5, 0.6) is 5.75 Å². The van der Waals surface area contributed by atoms with Crippen LogP contribution in [0.3, 0.4) is 0 Å². The van der Waals surface area contributed by atoms with Gasteiger partial charge in [0.25, 0.3) is 0 Å². The first-order chi connectivity index (χ1) is 14.7. The third kappa shape index (κ3) is 6.32. The predicted octanol–water partition coefficient (Wildman–Crippen LogP) is 2.58. The third-order valence-corrected chi connectivity index (χ3v) is 4.91. The zero-order valence-electron chi connectivity index (χ0n) is 17.6. The highest BCUT2D eigenvalue weighted by molar-refractivity contribution is 5.80. The van der Waals surface area contributed by atoms with Gasteiger partial charge < -0.3 is 25.0 Å². The Balaban J connectivity index is 1.47. The van der Waals surface area contributed by atoms with Crippen molar-refractivity contribution in [1.29, 1.82) is 0 Å². The maximum Gasteiger partial charge on any atom is 0.191 e. The molecule has 1 aromatic carbocycles. The van der Waals surface area contributed by atoms with Crippen molar-refractivity contribution in [3.63, 3.8) is 0 Å². The van der Waals surface area contributed by atoms with Crippen LogP contribution in [0.4, 0.5) is 10.2 Å². The first-order valence-corrected chi connectivity index (χ1v) is 10.2. The van der Waals surface area contributed by atoms with E-state index in [9.17, 15) is 4.39 Å². The smallest absolute Gasteiger partial charge is 0.191 e. The summed E-state index contributed by atoms with van der Waals surface area (Å²) in [5, 5.41) is 6.76. The van der Waals surface area contributed by atoms with Crippen molar-refractivity contribution in [3.8, 4) is 5.75 Å². The van der Waals surface area contributed by atoms with Gasteiger partial charge in [0.05, 0.1) is 6.61 Å². The molecule has 0 spiro atoms. The average Bonchev–Trinajstić information content (AvgIpc) is 3.23. The second-order valence-corrected chi connectivity index (χ2v) is 7.15. The molecule has 1 aromatic heterocycles. The second kappa shape index (κ2) is 11.3. The van der Waals surface area contributed by atoms with Gasteiger partial charge >= 0.3 is 0 Å². The molecule has 0 bridgehead atoms. The van der Waals surface area contributed by atoms with Crippen molar-refractivity contribution in [2.24, 2.45) is 4.99 Å². The normalized spacial score (nSPS) is 16.6. The number of pyridine rings is 1. The first kappa shape index (κ1) is 21.8. The second-order valence-electron chi connectivity index (χ2n) is 7.15. The van der Waals surface area contributed by atoms with Crippen LogP contribution >= 0.6 is 0 Å². The molecule has 1 unspecified atom stereocenters. The van der Waals surface area contributed by atoms with Crippen LogP contribution in [0.25, 0.3) is 0 Å². The minimum atomic E-state index is -0.287. The van der Waals surface area contributed by atoms with Gasteiger partial charge in [-0.2, -0.15) is 0 Å². The summed E-state index contributed by atoms with van der Waals surface area (Å²) < 4.78 is 24.8. The number of aromatic nitrogens is 1. The summed E-state index contributed by atoms with van der Waals surface area (Å²) >= 11 is 0. The van der Waals surface area contributed by atoms with Crippen molar-refractivity contribution in [2.45, 2.75) is 25.4 Å². The van der Waals surface area contributed by atoms with Gasteiger partial charge in [-0.05, 0) is 36.2 Å². The zero-order chi connectivity index (χ0) is 21.2. The van der Waals surface area contributed by atoms with Gasteiger partial charge in [-0.3, -0.25) is 4.99 Å². The fourth-order valence-corrected chi connectivity index (χ4v) is 3.39. The molecule has 1 aliphatic rings. The average molecular weight is 416 g/mol. The lowest BCUT2D eigenvalue weighted by molar-refractivity contribution is 0.172. The van der Waals surface area contributed by atoms with E-state index in [0.717, 1.165) is 36.7 Å². The summed E-state index contributed by atoms with van der Waals surface area (Å²) in [4.78, 5) is 10.4. The van der Waals surface area contributed by atoms with Gasteiger partial charge in [0.15, 0.2) is 17.6 Å². The Labute approximate surface area is 177 Å². The Morgan fingerprint density at radius 3 is 3.00 bits per heavy atom. The SMILES string of the molecule is CN=C(NCc1cccc(OCCCOC)c1)NC1CCN(c2ncccc2F)C1. The number of hydrogen-bond donors (Lipinski definition) is 2. The van der Waals surface area contributed by atoms with Crippen LogP contribution in [0.1, 0.15) is 18.4 Å². The molecule has 0 aliphatic carbocycles. The van der Waals surface area contributed by atoms with Gasteiger partial charge in [0.2, 0.25) is 0 Å². The number of halogens is 1. The van der Waals surface area contributed by atoms with E-state index < -0.39 is 0 Å². The summed E-state index contributed by atoms with van der Waals surface area (Å²) in [5.74, 6) is 1.68. The minimum absolute atomic E-state index is 0.174. The summed E-state index contributed by atoms with van der Waals surface area (Å²) in [6.07, 6.45) is 3.37. The van der Waals surface area contributed by atoms with E-state index in [4.69, 9.17) is 9.47 Å². The number of anilines is 1. The number of ether oxygens (including phenoxy) is 2. The van der Waals surface area contributed by atoms with Gasteiger partial charge in [0, 0.05) is 59.1 Å². The third-order valence-electron chi connectivity index (χ3n) is 4.91. The Morgan fingerprint density at radius 2 is 2.20 bits per heavy atom. The Hall–Kier alpha value is -2.87. The van der Waals surface area contributed by atoms with Crippen molar-refractivity contribution < 1.29 is 13.9 Å². The van der Waals surface area contributed by atoms with E-state index in [2.05, 4.69) is 20.6 Å². The number of methoxy groups -OCH3 is 1. The molecule has 0 saturated carbocycles. The van der Waals surface area contributed by atoms with Crippen LogP contribution in [-0.2, 0) is 11.3 Å². The monoisotopic (exact) mass is 415 g/mol. The number of benzene rings is 1. The highest BCUT2D eigenvalue weighted by atomic mass is 19.1. The van der Waals surface area contributed by atoms with Crippen molar-refractivity contribution in [3.05, 3.63) is 54.0 Å². The molecular weight excluding hydrogens is 385 g/mol. The Morgan fingerprint density at radius 1 is 1.30 bits per heavy atom. The highest BCUT2D eigenvalue weighted by Gasteiger charge is 2.25. The molecule has 2 aromatic rings. The number of guanidine groups is 1. The van der Waals surface area contributed by atoms with Crippen LogP contribution in [0.2, 0.25) is 0 Å². The van der Waals surface area contributed by atoms with E-state index in [1.54, 1.807) is 26.4 Å². The van der Waals surface area contributed by atoms with E-state index in [1.165, 1.54) is 6.07 Å². The quantitative estimate of drug-likeness (QED) is 0.373. The molecule has 1 fully saturated rings. The molecule has 8 heteroatoms. The molecular formula is C22H30FN5O2. The van der Waals surface area contributed by atoms with Crippen molar-refractivity contribution >= 4 is 11.8 Å². The van der Waals surface area contributed by atoms with E-state index >= 15 is 0 Å². The highest BCUT2D eigenvalue weighted by Crippen LogP contribution is 2.20. The van der Waals surface area contributed by atoms with Gasteiger partial charge in [-0.25, -0.2) is 9.37 Å². The van der Waals surface area contributed by atoms with E-state index in [-0.39, 0.29) is 11.9 Å². The topological polar surface area (TPSA) is 71.0 Å². The van der Waals surface area contributed by atoms with Crippen LogP contribution < -0.4 is 20.3 Å². The fourth-order valence-electron chi connectivity index (χ4n) is 3.39. The van der Waals surface area contributed by atoms with Crippen molar-refractivity contribution in [1.82, 2.24) is 15.6 Å². The largest absolute Gasteiger partial charge is 0.493 e. The molecule has 0 amide bonds. The minimum Gasteiger partial charge on any atom is -0.493 e. The fraction of sp³-hybridized carbons (Fsp3) is 0.455. The van der Waals surface area contributed by atoms with Gasteiger partial charge in [-0.15, -0.1) is 0 Å². The van der Waals surface area contributed by atoms with E-state index in [1.807, 2.05) is 29.2 Å². The molecule has 3 rings (SSSR count). The summed E-state index contributed by atoms with van der Waals surface area (Å²) in [5.41, 5.74) is 1.10. The summed E-state index contributed by atoms with van der Waals surface area (Å²) in [7, 11) is 3.43. The Bertz CT molecular complexity index is 833. The maximum atomic E-state index is 14.0. The lowest BCUT2D eigenvalue weighted by Gasteiger charge is -2.20. The predicted molar refractivity (Wildman–Crippen MR) is 117 cm³/mol. The molecule has 2 N–H and O–H groups in total. The van der Waals surface area contributed by atoms with Crippen molar-refractivity contribution in [2.75, 3.05) is 45.4 Å². The van der Waals surface area contributed by atoms with Gasteiger partial charge in [0.1, 0.15) is 5.75 Å². The molecule has 1 aliphatic heterocycles. The van der Waals surface area contributed by atoms with Crippen LogP contribution in [0, 0.1) is 5.82 Å². The lowest BCUT2D eigenvalue weighted by atomic mass is 10.2. The molecule has 162 valence electrons. The molecule has 1 saturated heterocycles. The molecule has 0 radical (unpaired) electrons. The maximum absolute atomic E-state index is 14.0. The van der Waals surface area contributed by atoms with E-state index in [0.29, 0.717) is 32.1 Å². The molecule has 2 heterocycles. The summed E-state index contributed by atoms with van der Waals surface area (Å²) in [6.45, 7) is 3.38. The van der Waals surface area contributed by atoms with Crippen LogP contribution in [-0.4, -0.2) is 57.4 Å². The lowest BCUT2D eigenvalue weighted by Crippen LogP contribution is -2.44. The zero-order valence-corrected chi connectivity index (χ0v) is 17.6. The van der Waals surface area contributed by atoms with Crippen LogP contribution in [0.15, 0.2) is 47.6 Å². The number of nitrogens with zero attached hydrogens (tertiary/aromatic N) is 3. The van der Waals surface area contributed by atoms with Gasteiger partial charge in [-0.1, -0.05) is 12.1 Å². The number of aliphatic imine (C=N–C) groups is 1.